The van der Waals surface area contributed by atoms with Gasteiger partial charge in [-0.1, -0.05) is 23.2 Å². The van der Waals surface area contributed by atoms with Crippen molar-refractivity contribution in [2.45, 2.75) is 19.9 Å². The lowest BCUT2D eigenvalue weighted by atomic mass is 10.2. The van der Waals surface area contributed by atoms with Gasteiger partial charge in [0.25, 0.3) is 5.91 Å². The van der Waals surface area contributed by atoms with E-state index < -0.39 is 23.9 Å². The predicted octanol–water partition coefficient (Wildman–Crippen LogP) is 2.28. The van der Waals surface area contributed by atoms with E-state index in [-0.39, 0.29) is 23.1 Å². The van der Waals surface area contributed by atoms with Crippen LogP contribution >= 0.6 is 34.5 Å². The SMILES string of the molecule is CCOC(=O)C(NC(=O)c1cc(Cl)sc1Cl)C(=O)OCC. The van der Waals surface area contributed by atoms with Crippen LogP contribution in [0.25, 0.3) is 0 Å². The molecular weight excluding hydrogens is 341 g/mol. The lowest BCUT2D eigenvalue weighted by Crippen LogP contribution is -2.48. The number of halogens is 2. The van der Waals surface area contributed by atoms with Crippen molar-refractivity contribution in [3.63, 3.8) is 0 Å². The molecule has 0 aliphatic heterocycles. The van der Waals surface area contributed by atoms with Crippen LogP contribution in [0.5, 0.6) is 0 Å². The van der Waals surface area contributed by atoms with E-state index in [4.69, 9.17) is 32.7 Å². The summed E-state index contributed by atoms with van der Waals surface area (Å²) in [6.07, 6.45) is 0. The Bertz CT molecular complexity index is 528. The van der Waals surface area contributed by atoms with Gasteiger partial charge in [0.2, 0.25) is 6.04 Å². The fraction of sp³-hybridized carbons (Fsp3) is 0.417. The maximum absolute atomic E-state index is 12.0. The highest BCUT2D eigenvalue weighted by atomic mass is 35.5. The zero-order valence-electron chi connectivity index (χ0n) is 11.3. The van der Waals surface area contributed by atoms with Crippen LogP contribution in [0.1, 0.15) is 24.2 Å². The predicted molar refractivity (Wildman–Crippen MR) is 78.9 cm³/mol. The first-order valence-electron chi connectivity index (χ1n) is 5.99. The van der Waals surface area contributed by atoms with Gasteiger partial charge in [-0.3, -0.25) is 4.79 Å². The van der Waals surface area contributed by atoms with Crippen molar-refractivity contribution in [2.24, 2.45) is 0 Å². The Morgan fingerprint density at radius 2 is 1.71 bits per heavy atom. The molecule has 9 heteroatoms. The molecule has 0 saturated carbocycles. The first-order valence-corrected chi connectivity index (χ1v) is 7.56. The molecule has 6 nitrogen and oxygen atoms in total. The summed E-state index contributed by atoms with van der Waals surface area (Å²) >= 11 is 12.6. The van der Waals surface area contributed by atoms with Crippen molar-refractivity contribution >= 4 is 52.4 Å². The van der Waals surface area contributed by atoms with Gasteiger partial charge in [-0.2, -0.15) is 0 Å². The van der Waals surface area contributed by atoms with Crippen molar-refractivity contribution < 1.29 is 23.9 Å². The molecular formula is C12H13Cl2NO5S. The van der Waals surface area contributed by atoms with Crippen LogP contribution in [0.2, 0.25) is 8.67 Å². The van der Waals surface area contributed by atoms with E-state index in [0.717, 1.165) is 11.3 Å². The molecule has 1 N–H and O–H groups in total. The summed E-state index contributed by atoms with van der Waals surface area (Å²) < 4.78 is 9.94. The van der Waals surface area contributed by atoms with Crippen molar-refractivity contribution in [3.05, 3.63) is 20.3 Å². The second-order valence-corrected chi connectivity index (χ2v) is 5.93. The lowest BCUT2D eigenvalue weighted by Gasteiger charge is -2.15. The molecule has 1 amide bonds. The van der Waals surface area contributed by atoms with Gasteiger partial charge in [-0.05, 0) is 19.9 Å². The van der Waals surface area contributed by atoms with E-state index in [9.17, 15) is 14.4 Å². The Morgan fingerprint density at radius 1 is 1.19 bits per heavy atom. The second-order valence-electron chi connectivity index (χ2n) is 3.65. The summed E-state index contributed by atoms with van der Waals surface area (Å²) in [7, 11) is 0. The minimum absolute atomic E-state index is 0.0651. The highest BCUT2D eigenvalue weighted by Crippen LogP contribution is 2.31. The number of rotatable bonds is 6. The zero-order valence-corrected chi connectivity index (χ0v) is 13.6. The number of hydrogen-bond donors (Lipinski definition) is 1. The Morgan fingerprint density at radius 3 is 2.10 bits per heavy atom. The van der Waals surface area contributed by atoms with Gasteiger partial charge in [0.1, 0.15) is 4.34 Å². The van der Waals surface area contributed by atoms with Crippen LogP contribution in [0, 0.1) is 0 Å². The quantitative estimate of drug-likeness (QED) is 0.626. The van der Waals surface area contributed by atoms with Crippen molar-refractivity contribution in [2.75, 3.05) is 13.2 Å². The number of nitrogens with one attached hydrogen (secondary N) is 1. The van der Waals surface area contributed by atoms with E-state index >= 15 is 0 Å². The molecule has 0 atom stereocenters. The molecule has 0 radical (unpaired) electrons. The van der Waals surface area contributed by atoms with Crippen LogP contribution in [-0.4, -0.2) is 37.1 Å². The number of carbonyl (C=O) groups is 3. The smallest absolute Gasteiger partial charge is 0.340 e. The molecule has 0 aliphatic carbocycles. The number of ether oxygens (including phenoxy) is 2. The van der Waals surface area contributed by atoms with Crippen LogP contribution in [-0.2, 0) is 19.1 Å². The van der Waals surface area contributed by atoms with Gasteiger partial charge in [0.05, 0.1) is 23.1 Å². The van der Waals surface area contributed by atoms with Crippen LogP contribution in [0.15, 0.2) is 6.07 Å². The third-order valence-corrected chi connectivity index (χ3v) is 3.71. The van der Waals surface area contributed by atoms with E-state index in [2.05, 4.69) is 5.32 Å². The molecule has 0 fully saturated rings. The van der Waals surface area contributed by atoms with Gasteiger partial charge in [0.15, 0.2) is 0 Å². The second kappa shape index (κ2) is 8.21. The Balaban J connectivity index is 2.90. The standard InChI is InChI=1S/C12H13Cl2NO5S/c1-3-19-11(17)8(12(18)20-4-2)15-10(16)6-5-7(13)21-9(6)14/h5,8H,3-4H2,1-2H3,(H,15,16). The molecule has 0 bridgehead atoms. The first-order chi connectivity index (χ1) is 9.90. The molecule has 1 aromatic rings. The molecule has 0 aliphatic rings. The number of hydrogen-bond acceptors (Lipinski definition) is 6. The topological polar surface area (TPSA) is 81.7 Å². The monoisotopic (exact) mass is 353 g/mol. The summed E-state index contributed by atoms with van der Waals surface area (Å²) in [5, 5.41) is 2.23. The molecule has 1 rings (SSSR count). The van der Waals surface area contributed by atoms with Crippen molar-refractivity contribution in [1.29, 1.82) is 0 Å². The molecule has 0 unspecified atom stereocenters. The zero-order chi connectivity index (χ0) is 16.0. The third kappa shape index (κ3) is 4.87. The summed E-state index contributed by atoms with van der Waals surface area (Å²) in [6, 6.07) is -0.204. The van der Waals surface area contributed by atoms with Crippen LogP contribution in [0.3, 0.4) is 0 Å². The van der Waals surface area contributed by atoms with Crippen LogP contribution in [0.4, 0.5) is 0 Å². The Hall–Kier alpha value is -1.31. The Kier molecular flexibility index (Phi) is 6.94. The molecule has 21 heavy (non-hydrogen) atoms. The number of amides is 1. The van der Waals surface area contributed by atoms with E-state index in [1.807, 2.05) is 0 Å². The highest BCUT2D eigenvalue weighted by Gasteiger charge is 2.32. The largest absolute Gasteiger partial charge is 0.464 e. The summed E-state index contributed by atoms with van der Waals surface area (Å²) in [4.78, 5) is 35.5. The first kappa shape index (κ1) is 17.7. The van der Waals surface area contributed by atoms with E-state index in [1.165, 1.54) is 6.07 Å². The molecule has 1 aromatic heterocycles. The Labute approximate surface area is 135 Å². The number of esters is 2. The minimum Gasteiger partial charge on any atom is -0.464 e. The average Bonchev–Trinajstić information content (AvgIpc) is 2.75. The lowest BCUT2D eigenvalue weighted by molar-refractivity contribution is -0.157. The molecule has 0 spiro atoms. The maximum Gasteiger partial charge on any atom is 0.340 e. The summed E-state index contributed by atoms with van der Waals surface area (Å²) in [6.45, 7) is 3.29. The van der Waals surface area contributed by atoms with Crippen molar-refractivity contribution in [3.8, 4) is 0 Å². The number of carbonyl (C=O) groups excluding carboxylic acids is 3. The third-order valence-electron chi connectivity index (χ3n) is 2.22. The molecule has 0 saturated heterocycles. The van der Waals surface area contributed by atoms with Gasteiger partial charge in [-0.25, -0.2) is 9.59 Å². The fourth-order valence-electron chi connectivity index (χ4n) is 1.37. The van der Waals surface area contributed by atoms with E-state index in [0.29, 0.717) is 4.34 Å². The molecule has 0 aromatic carbocycles. The van der Waals surface area contributed by atoms with Gasteiger partial charge < -0.3 is 14.8 Å². The van der Waals surface area contributed by atoms with Crippen molar-refractivity contribution in [1.82, 2.24) is 5.32 Å². The summed E-state index contributed by atoms with van der Waals surface area (Å²) in [5.41, 5.74) is 0.0743. The summed E-state index contributed by atoms with van der Waals surface area (Å²) in [5.74, 6) is -2.52. The molecule has 1 heterocycles. The highest BCUT2D eigenvalue weighted by molar-refractivity contribution is 7.20. The molecule has 116 valence electrons. The fourth-order valence-corrected chi connectivity index (χ4v) is 2.83. The minimum atomic E-state index is -1.55. The van der Waals surface area contributed by atoms with Crippen LogP contribution < -0.4 is 5.32 Å². The average molecular weight is 354 g/mol. The maximum atomic E-state index is 12.0. The van der Waals surface area contributed by atoms with E-state index in [1.54, 1.807) is 13.8 Å². The normalized spacial score (nSPS) is 10.3. The van der Waals surface area contributed by atoms with Gasteiger partial charge in [-0.15, -0.1) is 11.3 Å². The van der Waals surface area contributed by atoms with Gasteiger partial charge >= 0.3 is 11.9 Å². The van der Waals surface area contributed by atoms with Gasteiger partial charge in [0, 0.05) is 0 Å². The number of thiophene rings is 1.